The molecule has 1 amide bonds. The lowest BCUT2D eigenvalue weighted by molar-refractivity contribution is -0.121. The van der Waals surface area contributed by atoms with Gasteiger partial charge in [-0.1, -0.05) is 31.1 Å². The molecular weight excluding hydrogens is 289 g/mol. The molecule has 1 aromatic heterocycles. The Balaban J connectivity index is 1.58. The molecule has 2 aromatic rings. The number of aliphatic hydroxyl groups is 1. The molecule has 0 bridgehead atoms. The van der Waals surface area contributed by atoms with Gasteiger partial charge in [-0.2, -0.15) is 0 Å². The maximum atomic E-state index is 12.1. The number of amides is 1. The summed E-state index contributed by atoms with van der Waals surface area (Å²) < 4.78 is 1.89. The van der Waals surface area contributed by atoms with Gasteiger partial charge >= 0.3 is 0 Å². The third kappa shape index (κ3) is 3.64. The van der Waals surface area contributed by atoms with Crippen LogP contribution in [0, 0.1) is 0 Å². The van der Waals surface area contributed by atoms with E-state index >= 15 is 0 Å². The SMILES string of the molecule is C=C(O)c1cccc2c1C[B]C(NC(=O)CCn1ccnc1)C2. The van der Waals surface area contributed by atoms with Crippen molar-refractivity contribution in [1.82, 2.24) is 14.9 Å². The number of nitrogens with one attached hydrogen (secondary N) is 1. The predicted octanol–water partition coefficient (Wildman–Crippen LogP) is 1.70. The molecule has 2 heterocycles. The van der Waals surface area contributed by atoms with Crippen LogP contribution in [0.4, 0.5) is 0 Å². The maximum absolute atomic E-state index is 12.1. The second-order valence-electron chi connectivity index (χ2n) is 5.76. The molecule has 0 aliphatic carbocycles. The molecule has 1 aromatic carbocycles. The van der Waals surface area contributed by atoms with Gasteiger partial charge in [-0.15, -0.1) is 0 Å². The number of aliphatic hydroxyl groups excluding tert-OH is 1. The fourth-order valence-electron chi connectivity index (χ4n) is 2.96. The normalized spacial score (nSPS) is 16.3. The Bertz CT molecular complexity index is 713. The van der Waals surface area contributed by atoms with Crippen LogP contribution in [-0.2, 0) is 24.1 Å². The van der Waals surface area contributed by atoms with E-state index in [2.05, 4.69) is 24.2 Å². The van der Waals surface area contributed by atoms with Gasteiger partial charge in [-0.05, 0) is 17.5 Å². The molecule has 23 heavy (non-hydrogen) atoms. The molecule has 6 heteroatoms. The summed E-state index contributed by atoms with van der Waals surface area (Å²) in [4.78, 5) is 16.0. The molecule has 0 fully saturated rings. The van der Waals surface area contributed by atoms with E-state index in [1.54, 1.807) is 12.5 Å². The average Bonchev–Trinajstić information content (AvgIpc) is 3.05. The average molecular weight is 308 g/mol. The minimum absolute atomic E-state index is 0.0278. The lowest BCUT2D eigenvalue weighted by Crippen LogP contribution is -2.44. The van der Waals surface area contributed by atoms with Crippen molar-refractivity contribution in [2.75, 3.05) is 0 Å². The lowest BCUT2D eigenvalue weighted by atomic mass is 9.57. The van der Waals surface area contributed by atoms with E-state index in [0.29, 0.717) is 13.0 Å². The number of aryl methyl sites for hydroxylation is 1. The number of nitrogens with zero attached hydrogens (tertiary/aromatic N) is 2. The standard InChI is InChI=1S/C17H19BN3O2/c1-12(22)14-4-2-3-13-9-16(18-10-15(13)14)20-17(23)5-7-21-8-6-19-11-21/h2-4,6,8,11,16,22H,1,5,7,9-10H2,(H,20,23). The van der Waals surface area contributed by atoms with Crippen molar-refractivity contribution >= 4 is 18.9 Å². The highest BCUT2D eigenvalue weighted by Gasteiger charge is 2.23. The zero-order valence-corrected chi connectivity index (χ0v) is 12.9. The Hall–Kier alpha value is -2.50. The van der Waals surface area contributed by atoms with Crippen LogP contribution in [0.25, 0.3) is 5.76 Å². The van der Waals surface area contributed by atoms with Crippen LogP contribution in [-0.4, -0.2) is 33.8 Å². The minimum atomic E-state index is 0.0278. The highest BCUT2D eigenvalue weighted by molar-refractivity contribution is 6.38. The second-order valence-corrected chi connectivity index (χ2v) is 5.76. The van der Waals surface area contributed by atoms with Crippen molar-refractivity contribution < 1.29 is 9.90 Å². The fourth-order valence-corrected chi connectivity index (χ4v) is 2.96. The zero-order chi connectivity index (χ0) is 16.2. The summed E-state index contributed by atoms with van der Waals surface area (Å²) in [7, 11) is 2.09. The van der Waals surface area contributed by atoms with Gasteiger partial charge in [0.2, 0.25) is 5.91 Å². The Morgan fingerprint density at radius 1 is 1.52 bits per heavy atom. The summed E-state index contributed by atoms with van der Waals surface area (Å²) in [5, 5.41) is 12.7. The van der Waals surface area contributed by atoms with Crippen molar-refractivity contribution in [2.45, 2.75) is 31.6 Å². The molecule has 0 saturated carbocycles. The summed E-state index contributed by atoms with van der Waals surface area (Å²) >= 11 is 0. The maximum Gasteiger partial charge on any atom is 0.221 e. The number of rotatable bonds is 5. The molecule has 0 spiro atoms. The third-order valence-corrected chi connectivity index (χ3v) is 4.13. The number of imidazole rings is 1. The van der Waals surface area contributed by atoms with E-state index in [1.807, 2.05) is 29.0 Å². The topological polar surface area (TPSA) is 67.2 Å². The van der Waals surface area contributed by atoms with E-state index < -0.39 is 0 Å². The van der Waals surface area contributed by atoms with Gasteiger partial charge in [-0.25, -0.2) is 4.98 Å². The summed E-state index contributed by atoms with van der Waals surface area (Å²) in [5.41, 5.74) is 3.05. The van der Waals surface area contributed by atoms with E-state index in [9.17, 15) is 9.90 Å². The van der Waals surface area contributed by atoms with Crippen molar-refractivity contribution in [3.63, 3.8) is 0 Å². The molecule has 1 aliphatic rings. The van der Waals surface area contributed by atoms with Crippen LogP contribution in [0.2, 0.25) is 0 Å². The lowest BCUT2D eigenvalue weighted by Gasteiger charge is -2.26. The number of carbonyl (C=O) groups is 1. The van der Waals surface area contributed by atoms with Gasteiger partial charge < -0.3 is 15.0 Å². The number of hydrogen-bond donors (Lipinski definition) is 2. The quantitative estimate of drug-likeness (QED) is 0.653. The molecule has 0 saturated heterocycles. The number of aromatic nitrogens is 2. The molecule has 117 valence electrons. The summed E-state index contributed by atoms with van der Waals surface area (Å²) in [6, 6.07) is 5.83. The van der Waals surface area contributed by atoms with Gasteiger partial charge in [0.05, 0.1) is 6.33 Å². The van der Waals surface area contributed by atoms with Crippen LogP contribution >= 0.6 is 0 Å². The van der Waals surface area contributed by atoms with Gasteiger partial charge in [-0.3, -0.25) is 4.79 Å². The monoisotopic (exact) mass is 308 g/mol. The van der Waals surface area contributed by atoms with Crippen LogP contribution < -0.4 is 5.32 Å². The van der Waals surface area contributed by atoms with Crippen molar-refractivity contribution in [3.8, 4) is 0 Å². The smallest absolute Gasteiger partial charge is 0.221 e. The molecular formula is C17H19BN3O2. The van der Waals surface area contributed by atoms with E-state index in [4.69, 9.17) is 0 Å². The van der Waals surface area contributed by atoms with Gasteiger partial charge in [0, 0.05) is 36.9 Å². The predicted molar refractivity (Wildman–Crippen MR) is 90.0 cm³/mol. The molecule has 5 nitrogen and oxygen atoms in total. The minimum Gasteiger partial charge on any atom is -0.508 e. The molecule has 2 N–H and O–H groups in total. The van der Waals surface area contributed by atoms with Crippen LogP contribution in [0.1, 0.15) is 23.1 Å². The zero-order valence-electron chi connectivity index (χ0n) is 12.9. The summed E-state index contributed by atoms with van der Waals surface area (Å²) in [5.74, 6) is 0.157. The first kappa shape index (κ1) is 15.4. The summed E-state index contributed by atoms with van der Waals surface area (Å²) in [6.07, 6.45) is 7.15. The van der Waals surface area contributed by atoms with Gasteiger partial charge in [0.25, 0.3) is 0 Å². The van der Waals surface area contributed by atoms with Crippen LogP contribution in [0.5, 0.6) is 0 Å². The van der Waals surface area contributed by atoms with Crippen molar-refractivity contribution in [3.05, 3.63) is 60.2 Å². The highest BCUT2D eigenvalue weighted by Crippen LogP contribution is 2.24. The number of fused-ring (bicyclic) bond motifs is 1. The highest BCUT2D eigenvalue weighted by atomic mass is 16.3. The Kier molecular flexibility index (Phi) is 4.51. The second kappa shape index (κ2) is 6.73. The number of hydrogen-bond acceptors (Lipinski definition) is 3. The van der Waals surface area contributed by atoms with Gasteiger partial charge in [0.1, 0.15) is 13.0 Å². The fraction of sp³-hybridized carbons (Fsp3) is 0.294. The Morgan fingerprint density at radius 3 is 3.13 bits per heavy atom. The van der Waals surface area contributed by atoms with Crippen LogP contribution in [0.15, 0.2) is 43.5 Å². The third-order valence-electron chi connectivity index (χ3n) is 4.13. The van der Waals surface area contributed by atoms with Crippen molar-refractivity contribution in [1.29, 1.82) is 0 Å². The molecule has 1 aliphatic heterocycles. The molecule has 1 atom stereocenters. The first-order valence-corrected chi connectivity index (χ1v) is 7.71. The van der Waals surface area contributed by atoms with E-state index in [0.717, 1.165) is 29.4 Å². The van der Waals surface area contributed by atoms with Gasteiger partial charge in [0.15, 0.2) is 0 Å². The first-order chi connectivity index (χ1) is 11.1. The molecule has 3 rings (SSSR count). The number of benzene rings is 1. The first-order valence-electron chi connectivity index (χ1n) is 7.71. The summed E-state index contributed by atoms with van der Waals surface area (Å²) in [6.45, 7) is 4.24. The Labute approximate surface area is 136 Å². The Morgan fingerprint density at radius 2 is 2.39 bits per heavy atom. The van der Waals surface area contributed by atoms with E-state index in [1.165, 1.54) is 0 Å². The molecule has 1 unspecified atom stereocenters. The van der Waals surface area contributed by atoms with Crippen molar-refractivity contribution in [2.24, 2.45) is 0 Å². The largest absolute Gasteiger partial charge is 0.508 e. The molecule has 1 radical (unpaired) electrons. The van der Waals surface area contributed by atoms with Crippen LogP contribution in [0.3, 0.4) is 0 Å². The van der Waals surface area contributed by atoms with E-state index in [-0.39, 0.29) is 17.6 Å². The number of carbonyl (C=O) groups excluding carboxylic acids is 1.